The number of aromatic nitrogens is 1. The van der Waals surface area contributed by atoms with Crippen molar-refractivity contribution in [3.05, 3.63) is 88.8 Å². The number of hydrogen-bond acceptors (Lipinski definition) is 5. The fourth-order valence-corrected chi connectivity index (χ4v) is 3.48. The van der Waals surface area contributed by atoms with E-state index < -0.39 is 5.97 Å². The number of benzene rings is 2. The predicted molar refractivity (Wildman–Crippen MR) is 105 cm³/mol. The Kier molecular flexibility index (Phi) is 4.65. The van der Waals surface area contributed by atoms with E-state index in [1.807, 2.05) is 41.8 Å². The summed E-state index contributed by atoms with van der Waals surface area (Å²) in [4.78, 5) is 18.4. The Morgan fingerprint density at radius 2 is 1.89 bits per heavy atom. The zero-order chi connectivity index (χ0) is 18.6. The second kappa shape index (κ2) is 7.40. The van der Waals surface area contributed by atoms with Crippen LogP contribution in [0.3, 0.4) is 0 Å². The molecule has 2 heterocycles. The maximum Gasteiger partial charge on any atom is 0.339 e. The van der Waals surface area contributed by atoms with Gasteiger partial charge in [-0.15, -0.1) is 11.3 Å². The third kappa shape index (κ3) is 3.57. The van der Waals surface area contributed by atoms with Gasteiger partial charge in [0.1, 0.15) is 6.61 Å². The number of hydrogen-bond donors (Lipinski definition) is 0. The van der Waals surface area contributed by atoms with Crippen molar-refractivity contribution in [1.82, 2.24) is 4.98 Å². The van der Waals surface area contributed by atoms with Gasteiger partial charge in [-0.2, -0.15) is 5.26 Å². The molecule has 130 valence electrons. The summed E-state index contributed by atoms with van der Waals surface area (Å²) >= 11 is 1.58. The van der Waals surface area contributed by atoms with E-state index in [0.29, 0.717) is 11.1 Å². The molecule has 0 fully saturated rings. The molecule has 0 aliphatic heterocycles. The lowest BCUT2D eigenvalue weighted by molar-refractivity contribution is 0.0475. The van der Waals surface area contributed by atoms with Crippen molar-refractivity contribution in [2.75, 3.05) is 0 Å². The predicted octanol–water partition coefficient (Wildman–Crippen LogP) is 5.19. The van der Waals surface area contributed by atoms with Crippen LogP contribution in [0.2, 0.25) is 0 Å². The van der Waals surface area contributed by atoms with Crippen LogP contribution < -0.4 is 0 Å². The van der Waals surface area contributed by atoms with Crippen LogP contribution in [0.5, 0.6) is 0 Å². The normalized spacial score (nSPS) is 10.5. The summed E-state index contributed by atoms with van der Waals surface area (Å²) < 4.78 is 5.52. The molecule has 0 spiro atoms. The zero-order valence-corrected chi connectivity index (χ0v) is 15.1. The van der Waals surface area contributed by atoms with Gasteiger partial charge in [-0.3, -0.25) is 0 Å². The van der Waals surface area contributed by atoms with Crippen molar-refractivity contribution >= 4 is 28.2 Å². The van der Waals surface area contributed by atoms with E-state index in [2.05, 4.69) is 11.1 Å². The Morgan fingerprint density at radius 3 is 2.63 bits per heavy atom. The van der Waals surface area contributed by atoms with Gasteiger partial charge in [0.05, 0.1) is 33.3 Å². The van der Waals surface area contributed by atoms with Gasteiger partial charge in [-0.1, -0.05) is 36.4 Å². The van der Waals surface area contributed by atoms with E-state index in [1.54, 1.807) is 41.7 Å². The number of nitrogens with zero attached hydrogens (tertiary/aromatic N) is 2. The Hall–Kier alpha value is -3.49. The fourth-order valence-electron chi connectivity index (χ4n) is 2.80. The Labute approximate surface area is 160 Å². The highest BCUT2D eigenvalue weighted by Gasteiger charge is 2.15. The van der Waals surface area contributed by atoms with Crippen molar-refractivity contribution in [3.63, 3.8) is 0 Å². The van der Waals surface area contributed by atoms with Crippen LogP contribution in [0, 0.1) is 11.3 Å². The maximum absolute atomic E-state index is 12.8. The summed E-state index contributed by atoms with van der Waals surface area (Å²) in [6, 6.07) is 22.3. The fraction of sp³-hybridized carbons (Fsp3) is 0.0455. The molecule has 2 aromatic heterocycles. The second-order valence-electron chi connectivity index (χ2n) is 5.93. The van der Waals surface area contributed by atoms with Gasteiger partial charge >= 0.3 is 5.97 Å². The van der Waals surface area contributed by atoms with E-state index in [0.717, 1.165) is 27.0 Å². The highest BCUT2D eigenvalue weighted by molar-refractivity contribution is 7.13. The minimum Gasteiger partial charge on any atom is -0.457 e. The number of rotatable bonds is 4. The van der Waals surface area contributed by atoms with Crippen LogP contribution >= 0.6 is 11.3 Å². The minimum absolute atomic E-state index is 0.148. The van der Waals surface area contributed by atoms with E-state index in [9.17, 15) is 4.79 Å². The number of nitriles is 1. The molecule has 0 bridgehead atoms. The van der Waals surface area contributed by atoms with E-state index in [-0.39, 0.29) is 6.61 Å². The van der Waals surface area contributed by atoms with Crippen molar-refractivity contribution < 1.29 is 9.53 Å². The zero-order valence-electron chi connectivity index (χ0n) is 14.3. The smallest absolute Gasteiger partial charge is 0.339 e. The molecule has 4 rings (SSSR count). The molecule has 0 saturated carbocycles. The van der Waals surface area contributed by atoms with Gasteiger partial charge < -0.3 is 4.74 Å². The van der Waals surface area contributed by atoms with Gasteiger partial charge in [-0.05, 0) is 41.3 Å². The number of pyridine rings is 1. The number of carbonyl (C=O) groups excluding carboxylic acids is 1. The van der Waals surface area contributed by atoms with Crippen LogP contribution in [0.1, 0.15) is 21.5 Å². The lowest BCUT2D eigenvalue weighted by Crippen LogP contribution is -2.07. The largest absolute Gasteiger partial charge is 0.457 e. The molecule has 0 aliphatic carbocycles. The first-order valence-corrected chi connectivity index (χ1v) is 9.22. The van der Waals surface area contributed by atoms with Crippen LogP contribution in [-0.2, 0) is 11.3 Å². The summed E-state index contributed by atoms with van der Waals surface area (Å²) in [5.41, 5.74) is 3.42. The minimum atomic E-state index is -0.393. The summed E-state index contributed by atoms with van der Waals surface area (Å²) in [5.74, 6) is -0.393. The Bertz CT molecular complexity index is 1140. The van der Waals surface area contributed by atoms with Gasteiger partial charge in [-0.25, -0.2) is 9.78 Å². The molecule has 0 amide bonds. The SMILES string of the molecule is N#Cc1ccc(COC(=O)c2cc(-c3cccs3)nc3ccccc23)cc1. The lowest BCUT2D eigenvalue weighted by Gasteiger charge is -2.09. The molecule has 0 saturated heterocycles. The van der Waals surface area contributed by atoms with Crippen LogP contribution in [-0.4, -0.2) is 11.0 Å². The summed E-state index contributed by atoms with van der Waals surface area (Å²) in [6.45, 7) is 0.148. The number of carbonyl (C=O) groups is 1. The second-order valence-corrected chi connectivity index (χ2v) is 6.88. The quantitative estimate of drug-likeness (QED) is 0.464. The molecule has 2 aromatic carbocycles. The molecule has 0 atom stereocenters. The summed E-state index contributed by atoms with van der Waals surface area (Å²) in [6.07, 6.45) is 0. The maximum atomic E-state index is 12.8. The van der Waals surface area contributed by atoms with Crippen LogP contribution in [0.15, 0.2) is 72.1 Å². The van der Waals surface area contributed by atoms with Crippen LogP contribution in [0.4, 0.5) is 0 Å². The van der Waals surface area contributed by atoms with Crippen molar-refractivity contribution in [2.45, 2.75) is 6.61 Å². The van der Waals surface area contributed by atoms with Crippen LogP contribution in [0.25, 0.3) is 21.5 Å². The number of thiophene rings is 1. The number of ether oxygens (including phenoxy) is 1. The monoisotopic (exact) mass is 370 g/mol. The molecule has 0 unspecified atom stereocenters. The van der Waals surface area contributed by atoms with Crippen molar-refractivity contribution in [1.29, 1.82) is 5.26 Å². The molecule has 5 heteroatoms. The van der Waals surface area contributed by atoms with Gasteiger partial charge in [0, 0.05) is 5.39 Å². The number of para-hydroxylation sites is 1. The molecule has 0 aliphatic rings. The average molecular weight is 370 g/mol. The summed E-state index contributed by atoms with van der Waals surface area (Å²) in [7, 11) is 0. The third-order valence-electron chi connectivity index (χ3n) is 4.16. The molecular formula is C22H14N2O2S. The molecule has 0 N–H and O–H groups in total. The van der Waals surface area contributed by atoms with Gasteiger partial charge in [0.25, 0.3) is 0 Å². The molecule has 4 nitrogen and oxygen atoms in total. The van der Waals surface area contributed by atoms with Gasteiger partial charge in [0.2, 0.25) is 0 Å². The first kappa shape index (κ1) is 17.0. The molecule has 0 radical (unpaired) electrons. The standard InChI is InChI=1S/C22H14N2O2S/c23-13-15-7-9-16(10-8-15)14-26-22(25)18-12-20(21-6-3-11-27-21)24-19-5-2-1-4-17(18)19/h1-12H,14H2. The van der Waals surface area contributed by atoms with Crippen molar-refractivity contribution in [3.8, 4) is 16.6 Å². The van der Waals surface area contributed by atoms with Gasteiger partial charge in [0.15, 0.2) is 0 Å². The Morgan fingerprint density at radius 1 is 1.07 bits per heavy atom. The molecule has 4 aromatic rings. The first-order chi connectivity index (χ1) is 13.2. The van der Waals surface area contributed by atoms with Crippen molar-refractivity contribution in [2.24, 2.45) is 0 Å². The highest BCUT2D eigenvalue weighted by atomic mass is 32.1. The average Bonchev–Trinajstić information content (AvgIpc) is 3.26. The number of fused-ring (bicyclic) bond motifs is 1. The highest BCUT2D eigenvalue weighted by Crippen LogP contribution is 2.28. The van der Waals surface area contributed by atoms with E-state index in [1.165, 1.54) is 0 Å². The first-order valence-electron chi connectivity index (χ1n) is 8.34. The summed E-state index contributed by atoms with van der Waals surface area (Å²) in [5, 5.41) is 11.6. The molecule has 27 heavy (non-hydrogen) atoms. The third-order valence-corrected chi connectivity index (χ3v) is 5.06. The van der Waals surface area contributed by atoms with E-state index in [4.69, 9.17) is 10.00 Å². The van der Waals surface area contributed by atoms with E-state index >= 15 is 0 Å². The number of esters is 1. The lowest BCUT2D eigenvalue weighted by atomic mass is 10.1. The Balaban J connectivity index is 1.65. The molecular weight excluding hydrogens is 356 g/mol. The topological polar surface area (TPSA) is 63.0 Å².